The Hall–Kier alpha value is -1.10. The summed E-state index contributed by atoms with van der Waals surface area (Å²) in [5, 5.41) is 8.73. The molecule has 1 amide bonds. The number of hydrogen-bond acceptors (Lipinski definition) is 3. The van der Waals surface area contributed by atoms with Crippen LogP contribution >= 0.6 is 0 Å². The van der Waals surface area contributed by atoms with Gasteiger partial charge in [-0.15, -0.1) is 0 Å². The van der Waals surface area contributed by atoms with Crippen LogP contribution in [0.4, 0.5) is 0 Å². The molecular weight excluding hydrogens is 222 g/mol. The molecule has 1 saturated carbocycles. The summed E-state index contributed by atoms with van der Waals surface area (Å²) in [6.07, 6.45) is 4.50. The molecule has 0 aromatic rings. The topological polar surface area (TPSA) is 66.8 Å². The number of rotatable bonds is 6. The Labute approximate surface area is 102 Å². The van der Waals surface area contributed by atoms with Crippen molar-refractivity contribution in [3.63, 3.8) is 0 Å². The van der Waals surface area contributed by atoms with Crippen molar-refractivity contribution >= 4 is 11.9 Å². The molecule has 1 fully saturated rings. The van der Waals surface area contributed by atoms with Crippen molar-refractivity contribution in [2.75, 3.05) is 13.2 Å². The van der Waals surface area contributed by atoms with Gasteiger partial charge in [0.2, 0.25) is 5.91 Å². The van der Waals surface area contributed by atoms with Gasteiger partial charge in [0.05, 0.1) is 6.10 Å². The van der Waals surface area contributed by atoms with Crippen LogP contribution in [0.25, 0.3) is 0 Å². The van der Waals surface area contributed by atoms with E-state index in [1.54, 1.807) is 13.8 Å². The molecule has 1 aliphatic rings. The van der Waals surface area contributed by atoms with Gasteiger partial charge in [-0.1, -0.05) is 12.8 Å². The number of ether oxygens (including phenoxy) is 1. The fourth-order valence-corrected chi connectivity index (χ4v) is 2.03. The van der Waals surface area contributed by atoms with Crippen molar-refractivity contribution in [1.29, 1.82) is 0 Å². The van der Waals surface area contributed by atoms with E-state index in [9.17, 15) is 9.59 Å². The first-order valence-corrected chi connectivity index (χ1v) is 6.13. The number of hydrogen-bond donors (Lipinski definition) is 1. The van der Waals surface area contributed by atoms with Gasteiger partial charge < -0.3 is 14.7 Å². The average Bonchev–Trinajstić information content (AvgIpc) is 2.74. The second kappa shape index (κ2) is 6.59. The Morgan fingerprint density at radius 2 is 1.94 bits per heavy atom. The first-order valence-electron chi connectivity index (χ1n) is 6.13. The Bertz CT molecular complexity index is 272. The number of carbonyl (C=O) groups is 2. The largest absolute Gasteiger partial charge is 0.480 e. The van der Waals surface area contributed by atoms with Gasteiger partial charge in [0.1, 0.15) is 13.2 Å². The van der Waals surface area contributed by atoms with E-state index < -0.39 is 5.97 Å². The predicted molar refractivity (Wildman–Crippen MR) is 62.7 cm³/mol. The second-order valence-corrected chi connectivity index (χ2v) is 4.73. The number of carboxylic acid groups (broad SMARTS) is 1. The third-order valence-corrected chi connectivity index (χ3v) is 2.99. The lowest BCUT2D eigenvalue weighted by Gasteiger charge is -2.25. The lowest BCUT2D eigenvalue weighted by molar-refractivity contribution is -0.149. The van der Waals surface area contributed by atoms with Gasteiger partial charge >= 0.3 is 5.97 Å². The molecule has 0 bridgehead atoms. The smallest absolute Gasteiger partial charge is 0.323 e. The van der Waals surface area contributed by atoms with Crippen LogP contribution in [0.2, 0.25) is 0 Å². The number of amides is 1. The van der Waals surface area contributed by atoms with Crippen LogP contribution in [-0.4, -0.2) is 47.2 Å². The van der Waals surface area contributed by atoms with Crippen LogP contribution in [0.15, 0.2) is 0 Å². The molecule has 17 heavy (non-hydrogen) atoms. The Balaban J connectivity index is 2.38. The van der Waals surface area contributed by atoms with Gasteiger partial charge in [0.25, 0.3) is 0 Å². The molecule has 5 heteroatoms. The summed E-state index contributed by atoms with van der Waals surface area (Å²) in [6.45, 7) is 3.34. The van der Waals surface area contributed by atoms with Crippen LogP contribution in [0.5, 0.6) is 0 Å². The second-order valence-electron chi connectivity index (χ2n) is 4.73. The van der Waals surface area contributed by atoms with Crippen molar-refractivity contribution in [3.8, 4) is 0 Å². The summed E-state index contributed by atoms with van der Waals surface area (Å²) >= 11 is 0. The number of carboxylic acids is 1. The summed E-state index contributed by atoms with van der Waals surface area (Å²) in [6, 6.07) is -0.120. The lowest BCUT2D eigenvalue weighted by Crippen LogP contribution is -2.43. The van der Waals surface area contributed by atoms with E-state index >= 15 is 0 Å². The molecule has 0 aromatic carbocycles. The van der Waals surface area contributed by atoms with Crippen LogP contribution in [-0.2, 0) is 14.3 Å². The first-order chi connectivity index (χ1) is 8.00. The van der Waals surface area contributed by atoms with E-state index in [1.165, 1.54) is 4.90 Å². The summed E-state index contributed by atoms with van der Waals surface area (Å²) in [4.78, 5) is 23.8. The van der Waals surface area contributed by atoms with E-state index in [0.29, 0.717) is 0 Å². The molecule has 0 spiro atoms. The normalized spacial score (nSPS) is 16.4. The SMILES string of the molecule is CC(C)N(CC(=O)O)C(=O)COC1CCCC1. The minimum absolute atomic E-state index is 0.00384. The molecule has 0 heterocycles. The zero-order valence-electron chi connectivity index (χ0n) is 10.5. The maximum Gasteiger partial charge on any atom is 0.323 e. The molecule has 0 radical (unpaired) electrons. The highest BCUT2D eigenvalue weighted by Crippen LogP contribution is 2.20. The van der Waals surface area contributed by atoms with Gasteiger partial charge in [-0.2, -0.15) is 0 Å². The third kappa shape index (κ3) is 4.73. The van der Waals surface area contributed by atoms with E-state index in [1.807, 2.05) is 0 Å². The highest BCUT2D eigenvalue weighted by atomic mass is 16.5. The van der Waals surface area contributed by atoms with Gasteiger partial charge in [0, 0.05) is 6.04 Å². The molecule has 1 N–H and O–H groups in total. The van der Waals surface area contributed by atoms with E-state index in [2.05, 4.69) is 0 Å². The van der Waals surface area contributed by atoms with Gasteiger partial charge in [-0.05, 0) is 26.7 Å². The Morgan fingerprint density at radius 1 is 1.35 bits per heavy atom. The molecule has 0 saturated heterocycles. The molecule has 0 atom stereocenters. The molecule has 98 valence electrons. The molecule has 1 rings (SSSR count). The fraction of sp³-hybridized carbons (Fsp3) is 0.833. The maximum atomic E-state index is 11.8. The fourth-order valence-electron chi connectivity index (χ4n) is 2.03. The first kappa shape index (κ1) is 14.0. The number of nitrogens with zero attached hydrogens (tertiary/aromatic N) is 1. The summed E-state index contributed by atoms with van der Waals surface area (Å²) < 4.78 is 5.49. The molecule has 0 aliphatic heterocycles. The van der Waals surface area contributed by atoms with Gasteiger partial charge in [-0.25, -0.2) is 0 Å². The minimum atomic E-state index is -0.993. The summed E-state index contributed by atoms with van der Waals surface area (Å²) in [7, 11) is 0. The van der Waals surface area contributed by atoms with Gasteiger partial charge in [-0.3, -0.25) is 9.59 Å². The van der Waals surface area contributed by atoms with Crippen LogP contribution < -0.4 is 0 Å². The van der Waals surface area contributed by atoms with Crippen molar-refractivity contribution in [2.24, 2.45) is 0 Å². The average molecular weight is 243 g/mol. The molecule has 0 unspecified atom stereocenters. The van der Waals surface area contributed by atoms with E-state index in [-0.39, 0.29) is 31.2 Å². The third-order valence-electron chi connectivity index (χ3n) is 2.99. The number of aliphatic carboxylic acids is 1. The number of carbonyl (C=O) groups excluding carboxylic acids is 1. The van der Waals surface area contributed by atoms with Crippen molar-refractivity contribution in [3.05, 3.63) is 0 Å². The molecule has 0 aromatic heterocycles. The zero-order chi connectivity index (χ0) is 12.8. The monoisotopic (exact) mass is 243 g/mol. The summed E-state index contributed by atoms with van der Waals surface area (Å²) in [5.41, 5.74) is 0. The van der Waals surface area contributed by atoms with Crippen molar-refractivity contribution < 1.29 is 19.4 Å². The van der Waals surface area contributed by atoms with Crippen LogP contribution in [0, 0.1) is 0 Å². The maximum absolute atomic E-state index is 11.8. The van der Waals surface area contributed by atoms with Crippen molar-refractivity contribution in [2.45, 2.75) is 51.7 Å². The Kier molecular flexibility index (Phi) is 5.41. The quantitative estimate of drug-likeness (QED) is 0.762. The summed E-state index contributed by atoms with van der Waals surface area (Å²) in [5.74, 6) is -1.23. The van der Waals surface area contributed by atoms with Crippen LogP contribution in [0.3, 0.4) is 0 Å². The standard InChI is InChI=1S/C12H21NO4/c1-9(2)13(7-12(15)16)11(14)8-17-10-5-3-4-6-10/h9-10H,3-8H2,1-2H3,(H,15,16). The van der Waals surface area contributed by atoms with Gasteiger partial charge in [0.15, 0.2) is 0 Å². The highest BCUT2D eigenvalue weighted by Gasteiger charge is 2.22. The Morgan fingerprint density at radius 3 is 2.41 bits per heavy atom. The lowest BCUT2D eigenvalue weighted by atomic mass is 10.3. The van der Waals surface area contributed by atoms with Crippen molar-refractivity contribution in [1.82, 2.24) is 4.90 Å². The van der Waals surface area contributed by atoms with Crippen LogP contribution in [0.1, 0.15) is 39.5 Å². The highest BCUT2D eigenvalue weighted by molar-refractivity contribution is 5.82. The molecule has 1 aliphatic carbocycles. The molecule has 5 nitrogen and oxygen atoms in total. The zero-order valence-corrected chi connectivity index (χ0v) is 10.5. The minimum Gasteiger partial charge on any atom is -0.480 e. The predicted octanol–water partition coefficient (Wildman–Crippen LogP) is 1.27. The van der Waals surface area contributed by atoms with E-state index in [0.717, 1.165) is 25.7 Å². The van der Waals surface area contributed by atoms with E-state index in [4.69, 9.17) is 9.84 Å². The molecular formula is C12H21NO4.